The molecule has 3 heteroatoms. The third-order valence-electron chi connectivity index (χ3n) is 3.63. The highest BCUT2D eigenvalue weighted by Crippen LogP contribution is 2.26. The number of rotatable bonds is 5. The number of hydrogen-bond acceptors (Lipinski definition) is 2. The molecule has 1 heterocycles. The van der Waals surface area contributed by atoms with Crippen LogP contribution in [0.3, 0.4) is 0 Å². The lowest BCUT2D eigenvalue weighted by Crippen LogP contribution is -2.53. The summed E-state index contributed by atoms with van der Waals surface area (Å²) in [6.07, 6.45) is 6.45. The highest BCUT2D eigenvalue weighted by Gasteiger charge is 2.35. The van der Waals surface area contributed by atoms with Gasteiger partial charge in [-0.05, 0) is 26.7 Å². The Hall–Kier alpha value is -0.860. The van der Waals surface area contributed by atoms with Gasteiger partial charge in [-0.3, -0.25) is 9.59 Å². The number of carbonyl (C=O) groups excluding carboxylic acids is 2. The van der Waals surface area contributed by atoms with E-state index in [1.165, 1.54) is 12.8 Å². The zero-order valence-electron chi connectivity index (χ0n) is 11.4. The van der Waals surface area contributed by atoms with Gasteiger partial charge in [0.15, 0.2) is 5.78 Å². The van der Waals surface area contributed by atoms with Crippen molar-refractivity contribution in [2.75, 3.05) is 6.54 Å². The molecule has 0 bridgehead atoms. The van der Waals surface area contributed by atoms with Crippen molar-refractivity contribution < 1.29 is 9.59 Å². The van der Waals surface area contributed by atoms with Gasteiger partial charge < -0.3 is 4.90 Å². The predicted octanol–water partition coefficient (Wildman–Crippen LogP) is 2.93. The molecule has 0 aromatic carbocycles. The van der Waals surface area contributed by atoms with Gasteiger partial charge >= 0.3 is 0 Å². The number of piperidine rings is 1. The molecule has 98 valence electrons. The summed E-state index contributed by atoms with van der Waals surface area (Å²) in [5, 5.41) is 0. The van der Waals surface area contributed by atoms with Crippen molar-refractivity contribution in [2.45, 2.75) is 71.3 Å². The normalized spacial score (nSPS) is 19.5. The Labute approximate surface area is 105 Å². The Kier molecular flexibility index (Phi) is 5.16. The van der Waals surface area contributed by atoms with Gasteiger partial charge in [0, 0.05) is 18.4 Å². The van der Waals surface area contributed by atoms with E-state index in [2.05, 4.69) is 20.8 Å². The molecule has 0 N–H and O–H groups in total. The second-order valence-electron chi connectivity index (χ2n) is 5.64. The van der Waals surface area contributed by atoms with Crippen molar-refractivity contribution in [1.82, 2.24) is 4.90 Å². The lowest BCUT2D eigenvalue weighted by atomic mass is 9.89. The van der Waals surface area contributed by atoms with Crippen LogP contribution in [-0.4, -0.2) is 28.7 Å². The third-order valence-corrected chi connectivity index (χ3v) is 3.63. The van der Waals surface area contributed by atoms with Gasteiger partial charge in [-0.25, -0.2) is 0 Å². The first-order valence-corrected chi connectivity index (χ1v) is 6.79. The first kappa shape index (κ1) is 14.2. The van der Waals surface area contributed by atoms with Crippen molar-refractivity contribution in [2.24, 2.45) is 0 Å². The van der Waals surface area contributed by atoms with Crippen LogP contribution in [-0.2, 0) is 9.59 Å². The van der Waals surface area contributed by atoms with Gasteiger partial charge in [-0.1, -0.05) is 26.2 Å². The van der Waals surface area contributed by atoms with E-state index in [-0.39, 0.29) is 17.2 Å². The van der Waals surface area contributed by atoms with Crippen molar-refractivity contribution in [1.29, 1.82) is 0 Å². The molecule has 0 aliphatic carbocycles. The molecule has 1 rings (SSSR count). The Balaban J connectivity index is 2.45. The average Bonchev–Trinajstić information content (AvgIpc) is 2.27. The van der Waals surface area contributed by atoms with Crippen LogP contribution in [0.4, 0.5) is 0 Å². The summed E-state index contributed by atoms with van der Waals surface area (Å²) in [5.41, 5.74) is -0.143. The molecule has 1 amide bonds. The molecular formula is C14H25NO2. The van der Waals surface area contributed by atoms with E-state index < -0.39 is 0 Å². The Morgan fingerprint density at radius 3 is 2.65 bits per heavy atom. The van der Waals surface area contributed by atoms with Crippen molar-refractivity contribution in [3.8, 4) is 0 Å². The minimum absolute atomic E-state index is 0.143. The smallest absolute Gasteiger partial charge is 0.223 e. The zero-order valence-corrected chi connectivity index (χ0v) is 11.4. The molecule has 0 saturated carbocycles. The quantitative estimate of drug-likeness (QED) is 0.692. The molecule has 1 saturated heterocycles. The van der Waals surface area contributed by atoms with Crippen LogP contribution in [0.15, 0.2) is 0 Å². The summed E-state index contributed by atoms with van der Waals surface area (Å²) < 4.78 is 0. The summed E-state index contributed by atoms with van der Waals surface area (Å²) in [6.45, 7) is 6.60. The Morgan fingerprint density at radius 2 is 2.00 bits per heavy atom. The number of amides is 1. The molecule has 1 aliphatic rings. The maximum absolute atomic E-state index is 12.1. The zero-order chi connectivity index (χ0) is 12.9. The monoisotopic (exact) mass is 239 g/mol. The van der Waals surface area contributed by atoms with Gasteiger partial charge in [-0.15, -0.1) is 0 Å². The van der Waals surface area contributed by atoms with Gasteiger partial charge in [0.05, 0.1) is 6.54 Å². The lowest BCUT2D eigenvalue weighted by Gasteiger charge is -2.41. The highest BCUT2D eigenvalue weighted by atomic mass is 16.2. The van der Waals surface area contributed by atoms with Crippen molar-refractivity contribution >= 4 is 11.7 Å². The molecule has 1 aliphatic heterocycles. The number of carbonyl (C=O) groups is 2. The Morgan fingerprint density at radius 1 is 1.29 bits per heavy atom. The summed E-state index contributed by atoms with van der Waals surface area (Å²) in [7, 11) is 0. The summed E-state index contributed by atoms with van der Waals surface area (Å²) in [6, 6.07) is 0. The van der Waals surface area contributed by atoms with Crippen LogP contribution in [0.2, 0.25) is 0 Å². The molecule has 3 nitrogen and oxygen atoms in total. The van der Waals surface area contributed by atoms with E-state index in [1.807, 2.05) is 0 Å². The molecule has 1 fully saturated rings. The van der Waals surface area contributed by atoms with E-state index in [0.717, 1.165) is 19.3 Å². The fraction of sp³-hybridized carbons (Fsp3) is 0.857. The van der Waals surface area contributed by atoms with Crippen LogP contribution in [0.5, 0.6) is 0 Å². The molecule has 0 unspecified atom stereocenters. The maximum atomic E-state index is 12.1. The largest absolute Gasteiger partial charge is 0.330 e. The van der Waals surface area contributed by atoms with Gasteiger partial charge in [0.1, 0.15) is 0 Å². The van der Waals surface area contributed by atoms with E-state index in [9.17, 15) is 9.59 Å². The predicted molar refractivity (Wildman–Crippen MR) is 68.8 cm³/mol. The van der Waals surface area contributed by atoms with Gasteiger partial charge in [0.2, 0.25) is 5.91 Å². The number of ketones is 1. The second kappa shape index (κ2) is 6.18. The second-order valence-corrected chi connectivity index (χ2v) is 5.64. The summed E-state index contributed by atoms with van der Waals surface area (Å²) in [4.78, 5) is 25.3. The fourth-order valence-electron chi connectivity index (χ4n) is 2.31. The minimum atomic E-state index is -0.143. The fourth-order valence-corrected chi connectivity index (χ4v) is 2.31. The SMILES string of the molecule is CCCCCCC(=O)N1CC(=O)CCC1(C)C. The number of nitrogens with zero attached hydrogens (tertiary/aromatic N) is 1. The van der Waals surface area contributed by atoms with Crippen LogP contribution >= 0.6 is 0 Å². The van der Waals surface area contributed by atoms with Gasteiger partial charge in [-0.2, -0.15) is 0 Å². The van der Waals surface area contributed by atoms with Crippen molar-refractivity contribution in [3.05, 3.63) is 0 Å². The van der Waals surface area contributed by atoms with Crippen LogP contribution < -0.4 is 0 Å². The standard InChI is InChI=1S/C14H25NO2/c1-4-5-6-7-8-13(17)15-11-12(16)9-10-14(15,2)3/h4-11H2,1-3H3. The van der Waals surface area contributed by atoms with E-state index >= 15 is 0 Å². The molecule has 0 aromatic rings. The topological polar surface area (TPSA) is 37.4 Å². The number of hydrogen-bond donors (Lipinski definition) is 0. The first-order valence-electron chi connectivity index (χ1n) is 6.79. The molecule has 0 radical (unpaired) electrons. The number of unbranched alkanes of at least 4 members (excludes halogenated alkanes) is 3. The molecule has 0 aromatic heterocycles. The molecule has 17 heavy (non-hydrogen) atoms. The van der Waals surface area contributed by atoms with Crippen molar-refractivity contribution in [3.63, 3.8) is 0 Å². The summed E-state index contributed by atoms with van der Waals surface area (Å²) >= 11 is 0. The molecule has 0 spiro atoms. The number of Topliss-reactive ketones (excluding diaryl/α,β-unsaturated/α-hetero) is 1. The molecule has 0 atom stereocenters. The third kappa shape index (κ3) is 4.14. The van der Waals surface area contributed by atoms with E-state index in [1.54, 1.807) is 4.90 Å². The van der Waals surface area contributed by atoms with Gasteiger partial charge in [0.25, 0.3) is 0 Å². The first-order chi connectivity index (χ1) is 7.97. The van der Waals surface area contributed by atoms with E-state index in [4.69, 9.17) is 0 Å². The minimum Gasteiger partial charge on any atom is -0.330 e. The Bertz CT molecular complexity index is 284. The van der Waals surface area contributed by atoms with Crippen LogP contribution in [0.1, 0.15) is 65.7 Å². The average molecular weight is 239 g/mol. The lowest BCUT2D eigenvalue weighted by molar-refractivity contribution is -0.144. The number of likely N-dealkylation sites (tertiary alicyclic amines) is 1. The molecular weight excluding hydrogens is 214 g/mol. The van der Waals surface area contributed by atoms with E-state index in [0.29, 0.717) is 19.4 Å². The maximum Gasteiger partial charge on any atom is 0.223 e. The van der Waals surface area contributed by atoms with Crippen LogP contribution in [0, 0.1) is 0 Å². The summed E-state index contributed by atoms with van der Waals surface area (Å²) in [5.74, 6) is 0.352. The highest BCUT2D eigenvalue weighted by molar-refractivity contribution is 5.88. The van der Waals surface area contributed by atoms with Crippen LogP contribution in [0.25, 0.3) is 0 Å².